The van der Waals surface area contributed by atoms with E-state index in [1.165, 1.54) is 6.33 Å². The van der Waals surface area contributed by atoms with Crippen LogP contribution in [0, 0.1) is 0 Å². The molecule has 0 spiro atoms. The van der Waals surface area contributed by atoms with Crippen LogP contribution in [-0.4, -0.2) is 39.5 Å². The second-order valence-corrected chi connectivity index (χ2v) is 6.44. The van der Waals surface area contributed by atoms with E-state index in [1.807, 2.05) is 0 Å². The van der Waals surface area contributed by atoms with Gasteiger partial charge in [0.25, 0.3) is 0 Å². The highest BCUT2D eigenvalue weighted by molar-refractivity contribution is 7.91. The van der Waals surface area contributed by atoms with Crippen molar-refractivity contribution >= 4 is 9.84 Å². The van der Waals surface area contributed by atoms with E-state index in [4.69, 9.17) is 4.52 Å². The van der Waals surface area contributed by atoms with Gasteiger partial charge in [0.2, 0.25) is 11.7 Å². The van der Waals surface area contributed by atoms with Crippen LogP contribution >= 0.6 is 0 Å². The summed E-state index contributed by atoms with van der Waals surface area (Å²) >= 11 is 0. The maximum atomic E-state index is 11.9. The topological polar surface area (TPSA) is 115 Å². The predicted molar refractivity (Wildman–Crippen MR) is 60.1 cm³/mol. The molecule has 1 unspecified atom stereocenters. The predicted octanol–water partition coefficient (Wildman–Crippen LogP) is 0.494. The molecule has 96 valence electrons. The smallest absolute Gasteiger partial charge is 0.245 e. The summed E-state index contributed by atoms with van der Waals surface area (Å²) in [6, 6.07) is 0. The molecular formula is C9H11N5O3S. The van der Waals surface area contributed by atoms with Crippen LogP contribution in [0.5, 0.6) is 0 Å². The van der Waals surface area contributed by atoms with Gasteiger partial charge in [0.05, 0.1) is 5.75 Å². The minimum Gasteiger partial charge on any atom is -0.337 e. The third kappa shape index (κ3) is 1.90. The molecule has 8 nitrogen and oxygen atoms in total. The number of hydrogen-bond donors (Lipinski definition) is 1. The van der Waals surface area contributed by atoms with Crippen molar-refractivity contribution in [3.8, 4) is 11.6 Å². The zero-order chi connectivity index (χ0) is 12.6. The van der Waals surface area contributed by atoms with Crippen LogP contribution in [0.15, 0.2) is 10.9 Å². The van der Waals surface area contributed by atoms with Crippen LogP contribution in [-0.2, 0) is 9.84 Å². The molecular weight excluding hydrogens is 258 g/mol. The number of H-pyrrole nitrogens is 1. The summed E-state index contributed by atoms with van der Waals surface area (Å²) in [7, 11) is -3.17. The highest BCUT2D eigenvalue weighted by Gasteiger charge is 2.35. The summed E-state index contributed by atoms with van der Waals surface area (Å²) in [5.74, 6) is 0.903. The van der Waals surface area contributed by atoms with E-state index in [9.17, 15) is 8.42 Å². The minimum atomic E-state index is -3.17. The number of nitrogens with zero attached hydrogens (tertiary/aromatic N) is 4. The van der Waals surface area contributed by atoms with Crippen molar-refractivity contribution in [3.63, 3.8) is 0 Å². The van der Waals surface area contributed by atoms with Crippen molar-refractivity contribution in [1.29, 1.82) is 0 Å². The Hall–Kier alpha value is -1.77. The molecule has 1 saturated heterocycles. The van der Waals surface area contributed by atoms with Gasteiger partial charge in [-0.05, 0) is 12.8 Å². The maximum Gasteiger partial charge on any atom is 0.245 e. The van der Waals surface area contributed by atoms with Gasteiger partial charge in [-0.3, -0.25) is 5.10 Å². The van der Waals surface area contributed by atoms with Crippen molar-refractivity contribution < 1.29 is 12.9 Å². The van der Waals surface area contributed by atoms with Crippen molar-refractivity contribution in [2.24, 2.45) is 0 Å². The van der Waals surface area contributed by atoms with Crippen molar-refractivity contribution in [1.82, 2.24) is 25.3 Å². The van der Waals surface area contributed by atoms with E-state index in [2.05, 4.69) is 25.3 Å². The molecule has 1 aliphatic rings. The van der Waals surface area contributed by atoms with E-state index in [0.29, 0.717) is 18.7 Å². The van der Waals surface area contributed by atoms with Crippen LogP contribution in [0.4, 0.5) is 0 Å². The maximum absolute atomic E-state index is 11.9. The number of nitrogens with one attached hydrogen (secondary N) is 1. The van der Waals surface area contributed by atoms with Gasteiger partial charge in [0.15, 0.2) is 15.7 Å². The normalized spacial score (nSPS) is 23.0. The largest absolute Gasteiger partial charge is 0.337 e. The fourth-order valence-electron chi connectivity index (χ4n) is 2.01. The zero-order valence-corrected chi connectivity index (χ0v) is 10.2. The SMILES string of the molecule is O=S1(=O)CCCCC1c1nc(-c2ncn[nH]2)no1. The van der Waals surface area contributed by atoms with Crippen molar-refractivity contribution in [2.75, 3.05) is 5.75 Å². The van der Waals surface area contributed by atoms with E-state index in [1.54, 1.807) is 0 Å². The fourth-order valence-corrected chi connectivity index (χ4v) is 3.83. The zero-order valence-electron chi connectivity index (χ0n) is 9.40. The van der Waals surface area contributed by atoms with Crippen molar-refractivity contribution in [3.05, 3.63) is 12.2 Å². The fraction of sp³-hybridized carbons (Fsp3) is 0.556. The molecule has 2 aromatic heterocycles. The Kier molecular flexibility index (Phi) is 2.62. The van der Waals surface area contributed by atoms with Gasteiger partial charge in [0.1, 0.15) is 11.6 Å². The van der Waals surface area contributed by atoms with Crippen molar-refractivity contribution in [2.45, 2.75) is 24.5 Å². The first-order chi connectivity index (χ1) is 8.67. The average molecular weight is 269 g/mol. The van der Waals surface area contributed by atoms with Crippen LogP contribution in [0.2, 0.25) is 0 Å². The quantitative estimate of drug-likeness (QED) is 0.843. The molecule has 0 radical (unpaired) electrons. The third-order valence-electron chi connectivity index (χ3n) is 2.92. The molecule has 3 heterocycles. The summed E-state index contributed by atoms with van der Waals surface area (Å²) in [5.41, 5.74) is 0. The third-order valence-corrected chi connectivity index (χ3v) is 5.08. The van der Waals surface area contributed by atoms with Crippen LogP contribution in [0.1, 0.15) is 30.4 Å². The average Bonchev–Trinajstić information content (AvgIpc) is 2.99. The Morgan fingerprint density at radius 2 is 2.28 bits per heavy atom. The lowest BCUT2D eigenvalue weighted by Gasteiger charge is -2.18. The Morgan fingerprint density at radius 3 is 3.00 bits per heavy atom. The number of aromatic amines is 1. The van der Waals surface area contributed by atoms with Gasteiger partial charge < -0.3 is 4.52 Å². The Balaban J connectivity index is 1.94. The Labute approximate surface area is 103 Å². The van der Waals surface area contributed by atoms with Crippen LogP contribution in [0.3, 0.4) is 0 Å². The van der Waals surface area contributed by atoms with E-state index in [-0.39, 0.29) is 17.5 Å². The first-order valence-corrected chi connectivity index (χ1v) is 7.29. The number of rotatable bonds is 2. The monoisotopic (exact) mass is 269 g/mol. The summed E-state index contributed by atoms with van der Waals surface area (Å²) in [4.78, 5) is 7.96. The second kappa shape index (κ2) is 4.16. The summed E-state index contributed by atoms with van der Waals surface area (Å²) in [5, 5.41) is 9.30. The van der Waals surface area contributed by atoms with Gasteiger partial charge in [-0.1, -0.05) is 11.6 Å². The van der Waals surface area contributed by atoms with Gasteiger partial charge in [-0.25, -0.2) is 13.4 Å². The number of aromatic nitrogens is 5. The molecule has 2 aromatic rings. The molecule has 0 bridgehead atoms. The molecule has 3 rings (SSSR count). The van der Waals surface area contributed by atoms with Gasteiger partial charge in [0, 0.05) is 0 Å². The first-order valence-electron chi connectivity index (χ1n) is 5.58. The van der Waals surface area contributed by atoms with Gasteiger partial charge in [-0.2, -0.15) is 10.1 Å². The molecule has 0 saturated carbocycles. The molecule has 1 aliphatic heterocycles. The van der Waals surface area contributed by atoms with Crippen LogP contribution < -0.4 is 0 Å². The lowest BCUT2D eigenvalue weighted by molar-refractivity contribution is 0.363. The van der Waals surface area contributed by atoms with Gasteiger partial charge in [-0.15, -0.1) is 0 Å². The van der Waals surface area contributed by atoms with Crippen LogP contribution in [0.25, 0.3) is 11.6 Å². The highest BCUT2D eigenvalue weighted by atomic mass is 32.2. The number of hydrogen-bond acceptors (Lipinski definition) is 7. The van der Waals surface area contributed by atoms with E-state index >= 15 is 0 Å². The molecule has 1 atom stereocenters. The summed E-state index contributed by atoms with van der Waals surface area (Å²) in [6.07, 6.45) is 3.40. The molecule has 1 fully saturated rings. The Bertz CT molecular complexity index is 633. The minimum absolute atomic E-state index is 0.140. The molecule has 1 N–H and O–H groups in total. The van der Waals surface area contributed by atoms with E-state index in [0.717, 1.165) is 6.42 Å². The highest BCUT2D eigenvalue weighted by Crippen LogP contribution is 2.32. The molecule has 9 heteroatoms. The summed E-state index contributed by atoms with van der Waals surface area (Å²) < 4.78 is 28.9. The lowest BCUT2D eigenvalue weighted by atomic mass is 10.2. The molecule has 0 aromatic carbocycles. The van der Waals surface area contributed by atoms with E-state index < -0.39 is 15.1 Å². The lowest BCUT2D eigenvalue weighted by Crippen LogP contribution is -2.21. The van der Waals surface area contributed by atoms with Gasteiger partial charge >= 0.3 is 0 Å². The first kappa shape index (κ1) is 11.3. The summed E-state index contributed by atoms with van der Waals surface area (Å²) in [6.45, 7) is 0. The molecule has 18 heavy (non-hydrogen) atoms. The number of sulfone groups is 1. The molecule has 0 amide bonds. The second-order valence-electron chi connectivity index (χ2n) is 4.14. The molecule has 0 aliphatic carbocycles. The Morgan fingerprint density at radius 1 is 1.39 bits per heavy atom. The standard InChI is InChI=1S/C9H11N5O3S/c15-18(16)4-2-1-3-6(18)9-12-8(14-17-9)7-10-5-11-13-7/h5-6H,1-4H2,(H,10,11,13).